The highest BCUT2D eigenvalue weighted by atomic mass is 35.5. The number of likely N-dealkylation sites (N-methyl/N-ethyl adjacent to an activating group) is 1. The molecule has 2 aliphatic rings. The highest BCUT2D eigenvalue weighted by Gasteiger charge is 2.33. The van der Waals surface area contributed by atoms with Gasteiger partial charge < -0.3 is 9.80 Å². The molecule has 0 aromatic heterocycles. The van der Waals surface area contributed by atoms with E-state index in [1.54, 1.807) is 11.9 Å². The van der Waals surface area contributed by atoms with Crippen LogP contribution in [0.3, 0.4) is 0 Å². The van der Waals surface area contributed by atoms with Crippen molar-refractivity contribution in [2.24, 2.45) is 0 Å². The SMILES string of the molecule is CN(C(=O)CN1CCN(c2cccc(Cl)c2)CC1)[C@@H]1CCS(=O)(=O)C1. The fraction of sp³-hybridized carbons (Fsp3) is 0.588. The lowest BCUT2D eigenvalue weighted by atomic mass is 10.2. The first kappa shape index (κ1) is 18.5. The van der Waals surface area contributed by atoms with E-state index in [4.69, 9.17) is 11.6 Å². The van der Waals surface area contributed by atoms with Crippen LogP contribution in [0.5, 0.6) is 0 Å². The number of halogens is 1. The van der Waals surface area contributed by atoms with Crippen molar-refractivity contribution >= 4 is 33.0 Å². The molecule has 138 valence electrons. The van der Waals surface area contributed by atoms with Crippen molar-refractivity contribution in [2.45, 2.75) is 12.5 Å². The van der Waals surface area contributed by atoms with Gasteiger partial charge in [0, 0.05) is 50.0 Å². The van der Waals surface area contributed by atoms with Crippen LogP contribution < -0.4 is 4.90 Å². The quantitative estimate of drug-likeness (QED) is 0.777. The van der Waals surface area contributed by atoms with E-state index in [2.05, 4.69) is 9.80 Å². The Kier molecular flexibility index (Phi) is 5.55. The highest BCUT2D eigenvalue weighted by Crippen LogP contribution is 2.21. The summed E-state index contributed by atoms with van der Waals surface area (Å²) in [5, 5.41) is 0.725. The van der Waals surface area contributed by atoms with Gasteiger partial charge in [0.2, 0.25) is 5.91 Å². The van der Waals surface area contributed by atoms with Gasteiger partial charge in [-0.25, -0.2) is 8.42 Å². The van der Waals surface area contributed by atoms with E-state index >= 15 is 0 Å². The summed E-state index contributed by atoms with van der Waals surface area (Å²) in [6.45, 7) is 3.63. The first-order valence-corrected chi connectivity index (χ1v) is 10.7. The van der Waals surface area contributed by atoms with Crippen LogP contribution in [0.4, 0.5) is 5.69 Å². The average molecular weight is 386 g/mol. The number of benzene rings is 1. The number of hydrogen-bond acceptors (Lipinski definition) is 5. The van der Waals surface area contributed by atoms with Crippen molar-refractivity contribution in [2.75, 3.05) is 56.2 Å². The van der Waals surface area contributed by atoms with E-state index in [1.807, 2.05) is 24.3 Å². The van der Waals surface area contributed by atoms with E-state index < -0.39 is 9.84 Å². The normalized spacial score (nSPS) is 23.6. The second-order valence-corrected chi connectivity index (χ2v) is 9.47. The van der Waals surface area contributed by atoms with E-state index in [-0.39, 0.29) is 23.5 Å². The van der Waals surface area contributed by atoms with E-state index in [1.165, 1.54) is 0 Å². The van der Waals surface area contributed by atoms with Crippen LogP contribution in [-0.2, 0) is 14.6 Å². The summed E-state index contributed by atoms with van der Waals surface area (Å²) in [6, 6.07) is 7.62. The highest BCUT2D eigenvalue weighted by molar-refractivity contribution is 7.91. The number of nitrogens with zero attached hydrogens (tertiary/aromatic N) is 3. The second-order valence-electron chi connectivity index (χ2n) is 6.80. The van der Waals surface area contributed by atoms with Crippen molar-refractivity contribution in [1.29, 1.82) is 0 Å². The maximum absolute atomic E-state index is 12.5. The van der Waals surface area contributed by atoms with Gasteiger partial charge >= 0.3 is 0 Å². The van der Waals surface area contributed by atoms with Gasteiger partial charge in [-0.1, -0.05) is 17.7 Å². The fourth-order valence-corrected chi connectivity index (χ4v) is 5.38. The molecule has 2 heterocycles. The van der Waals surface area contributed by atoms with Crippen molar-refractivity contribution < 1.29 is 13.2 Å². The molecule has 0 N–H and O–H groups in total. The Balaban J connectivity index is 1.49. The minimum Gasteiger partial charge on any atom is -0.369 e. The molecule has 1 aromatic carbocycles. The molecule has 25 heavy (non-hydrogen) atoms. The molecule has 0 aliphatic carbocycles. The average Bonchev–Trinajstić information content (AvgIpc) is 2.94. The molecule has 2 saturated heterocycles. The van der Waals surface area contributed by atoms with Gasteiger partial charge in [0.1, 0.15) is 0 Å². The summed E-state index contributed by atoms with van der Waals surface area (Å²) in [5.41, 5.74) is 1.10. The summed E-state index contributed by atoms with van der Waals surface area (Å²) in [7, 11) is -1.26. The molecule has 0 radical (unpaired) electrons. The standard InChI is InChI=1S/C17H24ClN3O3S/c1-19(16-5-10-25(23,24)13-16)17(22)12-20-6-8-21(9-7-20)15-4-2-3-14(18)11-15/h2-4,11,16H,5-10,12-13H2,1H3/t16-/m1/s1. The number of anilines is 1. The summed E-state index contributed by atoms with van der Waals surface area (Å²) in [5.74, 6) is 0.282. The molecule has 0 bridgehead atoms. The Morgan fingerprint density at radius 3 is 2.60 bits per heavy atom. The van der Waals surface area contributed by atoms with E-state index in [0.717, 1.165) is 36.9 Å². The monoisotopic (exact) mass is 385 g/mol. The van der Waals surface area contributed by atoms with Crippen molar-refractivity contribution in [3.8, 4) is 0 Å². The molecule has 1 amide bonds. The van der Waals surface area contributed by atoms with Crippen LogP contribution in [-0.4, -0.2) is 81.4 Å². The summed E-state index contributed by atoms with van der Waals surface area (Å²) < 4.78 is 23.2. The van der Waals surface area contributed by atoms with Crippen molar-refractivity contribution in [3.63, 3.8) is 0 Å². The number of carbonyl (C=O) groups excluding carboxylic acids is 1. The zero-order valence-electron chi connectivity index (χ0n) is 14.4. The Labute approximate surface area is 154 Å². The van der Waals surface area contributed by atoms with Crippen LogP contribution >= 0.6 is 11.6 Å². The maximum atomic E-state index is 12.5. The molecule has 2 aliphatic heterocycles. The zero-order chi connectivity index (χ0) is 18.0. The number of sulfone groups is 1. The number of rotatable bonds is 4. The fourth-order valence-electron chi connectivity index (χ4n) is 3.42. The third-order valence-electron chi connectivity index (χ3n) is 5.05. The summed E-state index contributed by atoms with van der Waals surface area (Å²) in [4.78, 5) is 18.5. The van der Waals surface area contributed by atoms with Crippen LogP contribution in [0.15, 0.2) is 24.3 Å². The third kappa shape index (κ3) is 4.65. The van der Waals surface area contributed by atoms with Gasteiger partial charge in [-0.2, -0.15) is 0 Å². The number of piperazine rings is 1. The minimum atomic E-state index is -2.97. The van der Waals surface area contributed by atoms with E-state index in [0.29, 0.717) is 13.0 Å². The molecule has 0 saturated carbocycles. The number of hydrogen-bond donors (Lipinski definition) is 0. The lowest BCUT2D eigenvalue weighted by Crippen LogP contribution is -2.51. The van der Waals surface area contributed by atoms with Gasteiger partial charge in [-0.15, -0.1) is 0 Å². The Hall–Kier alpha value is -1.31. The first-order valence-electron chi connectivity index (χ1n) is 8.53. The molecule has 8 heteroatoms. The largest absolute Gasteiger partial charge is 0.369 e. The first-order chi connectivity index (χ1) is 11.8. The molecule has 2 fully saturated rings. The zero-order valence-corrected chi connectivity index (χ0v) is 16.0. The van der Waals surface area contributed by atoms with Crippen LogP contribution in [0.1, 0.15) is 6.42 Å². The molecular formula is C17H24ClN3O3S. The van der Waals surface area contributed by atoms with Gasteiger partial charge in [0.05, 0.1) is 18.1 Å². The van der Waals surface area contributed by atoms with Gasteiger partial charge in [0.25, 0.3) is 0 Å². The van der Waals surface area contributed by atoms with Crippen LogP contribution in [0.2, 0.25) is 5.02 Å². The van der Waals surface area contributed by atoms with Gasteiger partial charge in [-0.05, 0) is 24.6 Å². The molecule has 0 spiro atoms. The third-order valence-corrected chi connectivity index (χ3v) is 7.04. The molecule has 1 atom stereocenters. The van der Waals surface area contributed by atoms with Crippen LogP contribution in [0.25, 0.3) is 0 Å². The van der Waals surface area contributed by atoms with Crippen molar-refractivity contribution in [3.05, 3.63) is 29.3 Å². The van der Waals surface area contributed by atoms with Crippen molar-refractivity contribution in [1.82, 2.24) is 9.80 Å². The molecular weight excluding hydrogens is 362 g/mol. The van der Waals surface area contributed by atoms with Gasteiger partial charge in [-0.3, -0.25) is 9.69 Å². The van der Waals surface area contributed by atoms with E-state index in [9.17, 15) is 13.2 Å². The van der Waals surface area contributed by atoms with Crippen LogP contribution in [0, 0.1) is 0 Å². The molecule has 0 unspecified atom stereocenters. The molecule has 6 nitrogen and oxygen atoms in total. The topological polar surface area (TPSA) is 60.9 Å². The second kappa shape index (κ2) is 7.51. The Morgan fingerprint density at radius 1 is 1.28 bits per heavy atom. The number of amides is 1. The molecule has 1 aromatic rings. The lowest BCUT2D eigenvalue weighted by Gasteiger charge is -2.36. The number of carbonyl (C=O) groups is 1. The predicted octanol–water partition coefficient (Wildman–Crippen LogP) is 1.11. The lowest BCUT2D eigenvalue weighted by molar-refractivity contribution is -0.132. The summed E-state index contributed by atoms with van der Waals surface area (Å²) in [6.07, 6.45) is 0.549. The molecule has 3 rings (SSSR count). The Bertz CT molecular complexity index is 732. The Morgan fingerprint density at radius 2 is 2.00 bits per heavy atom. The minimum absolute atomic E-state index is 0.00157. The smallest absolute Gasteiger partial charge is 0.236 e. The summed E-state index contributed by atoms with van der Waals surface area (Å²) >= 11 is 6.05. The van der Waals surface area contributed by atoms with Gasteiger partial charge in [0.15, 0.2) is 9.84 Å². The predicted molar refractivity (Wildman–Crippen MR) is 99.9 cm³/mol. The maximum Gasteiger partial charge on any atom is 0.236 e.